The number of hydrogen-bond acceptors (Lipinski definition) is 3. The normalized spacial score (nSPS) is 14.8. The van der Waals surface area contributed by atoms with Crippen LogP contribution in [0.5, 0.6) is 5.75 Å². The molecule has 4 nitrogen and oxygen atoms in total. The van der Waals surface area contributed by atoms with Crippen molar-refractivity contribution < 1.29 is 9.53 Å². The molecule has 0 atom stereocenters. The molecule has 0 aliphatic heterocycles. The molecule has 1 amide bonds. The first-order valence-electron chi connectivity index (χ1n) is 9.24. The lowest BCUT2D eigenvalue weighted by atomic mass is 9.90. The molecule has 0 radical (unpaired) electrons. The van der Waals surface area contributed by atoms with Crippen molar-refractivity contribution in [1.82, 2.24) is 5.43 Å². The number of hydrogen-bond donors (Lipinski definition) is 1. The van der Waals surface area contributed by atoms with Gasteiger partial charge in [0, 0.05) is 5.56 Å². The first kappa shape index (κ1) is 17.3. The standard InChI is InChI=1S/C23H22N2O2/c1-27-19-12-13-21-17(14-19)9-5-11-22(21)24-25-23(26)15-18-8-4-7-16-6-2-3-10-20(16)18/h2-4,6-8,10,12-14H,5,9,11,15H2,1H3,(H,25,26)/b24-22-. The van der Waals surface area contributed by atoms with Gasteiger partial charge >= 0.3 is 0 Å². The molecule has 136 valence electrons. The van der Waals surface area contributed by atoms with Crippen LogP contribution < -0.4 is 10.2 Å². The molecule has 27 heavy (non-hydrogen) atoms. The van der Waals surface area contributed by atoms with Crippen LogP contribution in [-0.2, 0) is 17.6 Å². The third-order valence-corrected chi connectivity index (χ3v) is 5.03. The van der Waals surface area contributed by atoms with Crippen molar-refractivity contribution in [3.8, 4) is 5.75 Å². The molecule has 0 aromatic heterocycles. The smallest absolute Gasteiger partial charge is 0.244 e. The summed E-state index contributed by atoms with van der Waals surface area (Å²) >= 11 is 0. The zero-order chi connectivity index (χ0) is 18.6. The molecule has 0 saturated carbocycles. The molecular formula is C23H22N2O2. The van der Waals surface area contributed by atoms with E-state index in [0.717, 1.165) is 52.6 Å². The van der Waals surface area contributed by atoms with Crippen LogP contribution in [0, 0.1) is 0 Å². The number of nitrogens with zero attached hydrogens (tertiary/aromatic N) is 1. The Hall–Kier alpha value is -3.14. The molecule has 1 N–H and O–H groups in total. The summed E-state index contributed by atoms with van der Waals surface area (Å²) < 4.78 is 5.31. The number of nitrogens with one attached hydrogen (secondary N) is 1. The summed E-state index contributed by atoms with van der Waals surface area (Å²) in [4.78, 5) is 12.5. The summed E-state index contributed by atoms with van der Waals surface area (Å²) in [5.74, 6) is 0.759. The van der Waals surface area contributed by atoms with E-state index in [0.29, 0.717) is 6.42 Å². The molecule has 0 spiro atoms. The van der Waals surface area contributed by atoms with Gasteiger partial charge in [-0.3, -0.25) is 4.79 Å². The van der Waals surface area contributed by atoms with Gasteiger partial charge in [0.05, 0.1) is 19.2 Å². The lowest BCUT2D eigenvalue weighted by molar-refractivity contribution is -0.120. The topological polar surface area (TPSA) is 50.7 Å². The molecule has 0 saturated heterocycles. The molecule has 0 heterocycles. The number of carbonyl (C=O) groups is 1. The highest BCUT2D eigenvalue weighted by atomic mass is 16.5. The van der Waals surface area contributed by atoms with Gasteiger partial charge in [0.25, 0.3) is 0 Å². The third kappa shape index (κ3) is 3.70. The molecule has 0 bridgehead atoms. The average Bonchev–Trinajstić information content (AvgIpc) is 2.72. The Kier molecular flexibility index (Phi) is 4.88. The highest BCUT2D eigenvalue weighted by molar-refractivity contribution is 6.03. The minimum Gasteiger partial charge on any atom is -0.497 e. The van der Waals surface area contributed by atoms with Crippen LogP contribution >= 0.6 is 0 Å². The Morgan fingerprint density at radius 3 is 2.81 bits per heavy atom. The number of hydrazone groups is 1. The van der Waals surface area contributed by atoms with Gasteiger partial charge in [-0.15, -0.1) is 0 Å². The number of rotatable bonds is 4. The number of carbonyl (C=O) groups excluding carboxylic acids is 1. The Morgan fingerprint density at radius 2 is 1.93 bits per heavy atom. The maximum Gasteiger partial charge on any atom is 0.244 e. The minimum atomic E-state index is -0.0977. The van der Waals surface area contributed by atoms with E-state index in [4.69, 9.17) is 4.74 Å². The number of amides is 1. The second-order valence-corrected chi connectivity index (χ2v) is 6.79. The monoisotopic (exact) mass is 358 g/mol. The van der Waals surface area contributed by atoms with E-state index < -0.39 is 0 Å². The van der Waals surface area contributed by atoms with Gasteiger partial charge in [0.1, 0.15) is 5.75 Å². The number of methoxy groups -OCH3 is 1. The van der Waals surface area contributed by atoms with Crippen molar-refractivity contribution in [2.24, 2.45) is 5.10 Å². The van der Waals surface area contributed by atoms with E-state index >= 15 is 0 Å². The molecule has 0 fully saturated rings. The van der Waals surface area contributed by atoms with Gasteiger partial charge in [0.15, 0.2) is 0 Å². The van der Waals surface area contributed by atoms with Gasteiger partial charge < -0.3 is 4.74 Å². The summed E-state index contributed by atoms with van der Waals surface area (Å²) in [5, 5.41) is 6.68. The van der Waals surface area contributed by atoms with Gasteiger partial charge in [-0.25, -0.2) is 5.43 Å². The van der Waals surface area contributed by atoms with Gasteiger partial charge in [-0.05, 0) is 59.4 Å². The Balaban J connectivity index is 1.51. The number of aryl methyl sites for hydroxylation is 1. The second-order valence-electron chi connectivity index (χ2n) is 6.79. The first-order valence-corrected chi connectivity index (χ1v) is 9.24. The molecule has 3 aromatic carbocycles. The number of ether oxygens (including phenoxy) is 1. The van der Waals surface area contributed by atoms with E-state index in [1.54, 1.807) is 7.11 Å². The molecule has 1 aliphatic carbocycles. The molecular weight excluding hydrogens is 336 g/mol. The van der Waals surface area contributed by atoms with Crippen LogP contribution in [0.25, 0.3) is 10.8 Å². The fourth-order valence-electron chi connectivity index (χ4n) is 3.67. The SMILES string of the molecule is COc1ccc2c(c1)CCC/C2=N/NC(=O)Cc1cccc2ccccc12. The Labute approximate surface area is 158 Å². The zero-order valence-electron chi connectivity index (χ0n) is 15.4. The summed E-state index contributed by atoms with van der Waals surface area (Å²) in [6.45, 7) is 0. The predicted octanol–water partition coefficient (Wildman–Crippen LogP) is 4.25. The van der Waals surface area contributed by atoms with Crippen LogP contribution in [0.15, 0.2) is 65.8 Å². The largest absolute Gasteiger partial charge is 0.497 e. The van der Waals surface area contributed by atoms with E-state index in [2.05, 4.69) is 34.8 Å². The van der Waals surface area contributed by atoms with Gasteiger partial charge in [0.2, 0.25) is 5.91 Å². The molecule has 4 rings (SSSR count). The zero-order valence-corrected chi connectivity index (χ0v) is 15.4. The Morgan fingerprint density at radius 1 is 1.07 bits per heavy atom. The summed E-state index contributed by atoms with van der Waals surface area (Å²) in [5.41, 5.74) is 7.03. The average molecular weight is 358 g/mol. The van der Waals surface area contributed by atoms with Crippen molar-refractivity contribution >= 4 is 22.4 Å². The van der Waals surface area contributed by atoms with E-state index in [9.17, 15) is 4.79 Å². The maximum absolute atomic E-state index is 12.5. The van der Waals surface area contributed by atoms with Gasteiger partial charge in [-0.2, -0.15) is 5.10 Å². The van der Waals surface area contributed by atoms with E-state index in [1.807, 2.05) is 36.4 Å². The van der Waals surface area contributed by atoms with E-state index in [-0.39, 0.29) is 5.91 Å². The molecule has 4 heteroatoms. The van der Waals surface area contributed by atoms with Crippen molar-refractivity contribution in [3.05, 3.63) is 77.4 Å². The van der Waals surface area contributed by atoms with Crippen molar-refractivity contribution in [1.29, 1.82) is 0 Å². The number of benzene rings is 3. The molecule has 1 aliphatic rings. The summed E-state index contributed by atoms with van der Waals surface area (Å²) in [6.07, 6.45) is 3.22. The fourth-order valence-corrected chi connectivity index (χ4v) is 3.67. The minimum absolute atomic E-state index is 0.0977. The lowest BCUT2D eigenvalue weighted by Crippen LogP contribution is -2.23. The highest BCUT2D eigenvalue weighted by Crippen LogP contribution is 2.25. The van der Waals surface area contributed by atoms with Crippen molar-refractivity contribution in [2.75, 3.05) is 7.11 Å². The highest BCUT2D eigenvalue weighted by Gasteiger charge is 2.17. The van der Waals surface area contributed by atoms with Crippen LogP contribution in [0.2, 0.25) is 0 Å². The van der Waals surface area contributed by atoms with Gasteiger partial charge in [-0.1, -0.05) is 42.5 Å². The fraction of sp³-hybridized carbons (Fsp3) is 0.217. The summed E-state index contributed by atoms with van der Waals surface area (Å²) in [6, 6.07) is 20.2. The quantitative estimate of drug-likeness (QED) is 0.709. The Bertz CT molecular complexity index is 1020. The summed E-state index contributed by atoms with van der Waals surface area (Å²) in [7, 11) is 1.67. The second kappa shape index (κ2) is 7.62. The third-order valence-electron chi connectivity index (χ3n) is 5.03. The van der Waals surface area contributed by atoms with E-state index in [1.165, 1.54) is 5.56 Å². The number of fused-ring (bicyclic) bond motifs is 2. The lowest BCUT2D eigenvalue weighted by Gasteiger charge is -2.18. The maximum atomic E-state index is 12.5. The molecule has 3 aromatic rings. The predicted molar refractivity (Wildman–Crippen MR) is 108 cm³/mol. The van der Waals surface area contributed by atoms with Crippen LogP contribution in [0.4, 0.5) is 0 Å². The van der Waals surface area contributed by atoms with Crippen LogP contribution in [0.3, 0.4) is 0 Å². The van der Waals surface area contributed by atoms with Crippen molar-refractivity contribution in [3.63, 3.8) is 0 Å². The first-order chi connectivity index (χ1) is 13.2. The molecule has 0 unspecified atom stereocenters. The van der Waals surface area contributed by atoms with Crippen LogP contribution in [0.1, 0.15) is 29.5 Å². The van der Waals surface area contributed by atoms with Crippen LogP contribution in [-0.4, -0.2) is 18.7 Å². The van der Waals surface area contributed by atoms with Crippen molar-refractivity contribution in [2.45, 2.75) is 25.7 Å².